The number of aromatic nitrogens is 2. The maximum atomic E-state index is 6.10. The van der Waals surface area contributed by atoms with Gasteiger partial charge in [0.25, 0.3) is 0 Å². The van der Waals surface area contributed by atoms with Crippen LogP contribution in [0.25, 0.3) is 0 Å². The molecule has 1 fully saturated rings. The topological polar surface area (TPSA) is 35.0 Å². The fourth-order valence-electron chi connectivity index (χ4n) is 2.37. The molecule has 5 heteroatoms. The van der Waals surface area contributed by atoms with E-state index in [0.717, 1.165) is 41.7 Å². The van der Waals surface area contributed by atoms with Gasteiger partial charge in [0.2, 0.25) is 0 Å². The molecule has 0 bridgehead atoms. The number of nitrogens with zero attached hydrogens (tertiary/aromatic N) is 2. The summed E-state index contributed by atoms with van der Waals surface area (Å²) < 4.78 is 6.48. The molecule has 94 valence electrons. The van der Waals surface area contributed by atoms with E-state index < -0.39 is 0 Å². The standard InChI is InChI=1S/C12H16BrClN2O/c1-8-9(13)10(14)16-11(15-8)12(17-2)6-4-3-5-7-12/h3-7H2,1-2H3. The third-order valence-electron chi connectivity index (χ3n) is 3.44. The molecule has 0 aliphatic heterocycles. The molecule has 17 heavy (non-hydrogen) atoms. The van der Waals surface area contributed by atoms with Crippen molar-refractivity contribution in [3.8, 4) is 0 Å². The summed E-state index contributed by atoms with van der Waals surface area (Å²) >= 11 is 9.48. The molecule has 2 rings (SSSR count). The van der Waals surface area contributed by atoms with Crippen molar-refractivity contribution >= 4 is 27.5 Å². The molecule has 0 spiro atoms. The maximum Gasteiger partial charge on any atom is 0.162 e. The van der Waals surface area contributed by atoms with Gasteiger partial charge in [0.15, 0.2) is 5.82 Å². The molecule has 1 aromatic rings. The van der Waals surface area contributed by atoms with Gasteiger partial charge in [-0.1, -0.05) is 30.9 Å². The Morgan fingerprint density at radius 3 is 2.41 bits per heavy atom. The molecular weight excluding hydrogens is 304 g/mol. The lowest BCUT2D eigenvalue weighted by atomic mass is 9.84. The molecule has 1 aliphatic rings. The smallest absolute Gasteiger partial charge is 0.162 e. The van der Waals surface area contributed by atoms with E-state index in [-0.39, 0.29) is 5.60 Å². The molecule has 0 atom stereocenters. The quantitative estimate of drug-likeness (QED) is 0.773. The molecule has 3 nitrogen and oxygen atoms in total. The third-order valence-corrected chi connectivity index (χ3v) is 4.89. The number of hydrogen-bond donors (Lipinski definition) is 0. The molecular formula is C12H16BrClN2O. The van der Waals surface area contributed by atoms with E-state index in [0.29, 0.717) is 5.15 Å². The van der Waals surface area contributed by atoms with Gasteiger partial charge in [-0.3, -0.25) is 0 Å². The highest BCUT2D eigenvalue weighted by Crippen LogP contribution is 2.39. The van der Waals surface area contributed by atoms with Gasteiger partial charge in [-0.15, -0.1) is 0 Å². The fraction of sp³-hybridized carbons (Fsp3) is 0.667. The Bertz CT molecular complexity index is 396. The molecule has 0 radical (unpaired) electrons. The number of hydrogen-bond acceptors (Lipinski definition) is 3. The summed E-state index contributed by atoms with van der Waals surface area (Å²) in [6, 6.07) is 0. The van der Waals surface area contributed by atoms with Gasteiger partial charge in [-0.05, 0) is 35.7 Å². The molecule has 1 saturated carbocycles. The minimum Gasteiger partial charge on any atom is -0.370 e. The first-order valence-electron chi connectivity index (χ1n) is 5.84. The summed E-state index contributed by atoms with van der Waals surface area (Å²) in [5.74, 6) is 0.727. The summed E-state index contributed by atoms with van der Waals surface area (Å²) in [7, 11) is 1.74. The van der Waals surface area contributed by atoms with Crippen molar-refractivity contribution in [1.29, 1.82) is 0 Å². The van der Waals surface area contributed by atoms with Crippen molar-refractivity contribution in [2.24, 2.45) is 0 Å². The van der Waals surface area contributed by atoms with Crippen molar-refractivity contribution in [3.63, 3.8) is 0 Å². The second-order valence-corrected chi connectivity index (χ2v) is 5.65. The van der Waals surface area contributed by atoms with E-state index in [4.69, 9.17) is 16.3 Å². The largest absolute Gasteiger partial charge is 0.370 e. The van der Waals surface area contributed by atoms with Crippen LogP contribution in [0.5, 0.6) is 0 Å². The van der Waals surface area contributed by atoms with Crippen LogP contribution in [0.15, 0.2) is 4.47 Å². The van der Waals surface area contributed by atoms with Crippen molar-refractivity contribution < 1.29 is 4.74 Å². The molecule has 0 N–H and O–H groups in total. The van der Waals surface area contributed by atoms with Crippen molar-refractivity contribution in [3.05, 3.63) is 21.1 Å². The predicted octanol–water partition coefficient (Wildman–Crippen LogP) is 4.01. The Kier molecular flexibility index (Phi) is 4.06. The van der Waals surface area contributed by atoms with E-state index in [1.165, 1.54) is 6.42 Å². The van der Waals surface area contributed by atoms with Gasteiger partial charge in [0.05, 0.1) is 10.2 Å². The monoisotopic (exact) mass is 318 g/mol. The molecule has 0 amide bonds. The number of rotatable bonds is 2. The Labute approximate surface area is 115 Å². The van der Waals surface area contributed by atoms with Gasteiger partial charge < -0.3 is 4.74 Å². The Hall–Kier alpha value is -0.190. The average molecular weight is 320 g/mol. The second kappa shape index (κ2) is 5.21. The van der Waals surface area contributed by atoms with Crippen LogP contribution in [0, 0.1) is 6.92 Å². The number of ether oxygens (including phenoxy) is 1. The summed E-state index contributed by atoms with van der Waals surface area (Å²) in [6.07, 6.45) is 5.52. The molecule has 0 unspecified atom stereocenters. The zero-order valence-corrected chi connectivity index (χ0v) is 12.4. The first-order valence-corrected chi connectivity index (χ1v) is 7.01. The van der Waals surface area contributed by atoms with E-state index in [9.17, 15) is 0 Å². The summed E-state index contributed by atoms with van der Waals surface area (Å²) in [6.45, 7) is 1.92. The number of halogens is 2. The minimum atomic E-state index is -0.340. The highest BCUT2D eigenvalue weighted by atomic mass is 79.9. The van der Waals surface area contributed by atoms with Gasteiger partial charge in [-0.2, -0.15) is 0 Å². The van der Waals surface area contributed by atoms with Gasteiger partial charge in [0, 0.05) is 7.11 Å². The molecule has 0 saturated heterocycles. The highest BCUT2D eigenvalue weighted by molar-refractivity contribution is 9.10. The second-order valence-electron chi connectivity index (χ2n) is 4.50. The van der Waals surface area contributed by atoms with Crippen LogP contribution in [-0.4, -0.2) is 17.1 Å². The molecule has 1 aliphatic carbocycles. The normalized spacial score (nSPS) is 19.3. The maximum absolute atomic E-state index is 6.10. The summed E-state index contributed by atoms with van der Waals surface area (Å²) in [4.78, 5) is 8.92. The van der Waals surface area contributed by atoms with Crippen LogP contribution < -0.4 is 0 Å². The highest BCUT2D eigenvalue weighted by Gasteiger charge is 2.37. The Morgan fingerprint density at radius 1 is 1.24 bits per heavy atom. The van der Waals surface area contributed by atoms with Crippen LogP contribution in [0.1, 0.15) is 43.6 Å². The van der Waals surface area contributed by atoms with Crippen LogP contribution in [0.4, 0.5) is 0 Å². The summed E-state index contributed by atoms with van der Waals surface area (Å²) in [5, 5.41) is 0.467. The lowest BCUT2D eigenvalue weighted by molar-refractivity contribution is -0.0516. The zero-order chi connectivity index (χ0) is 12.5. The van der Waals surface area contributed by atoms with Gasteiger partial charge in [0.1, 0.15) is 10.8 Å². The molecule has 1 aromatic heterocycles. The SMILES string of the molecule is COC1(c2nc(C)c(Br)c(Cl)n2)CCCCC1. The van der Waals surface area contributed by atoms with Crippen molar-refractivity contribution in [1.82, 2.24) is 9.97 Å². The van der Waals surface area contributed by atoms with Crippen molar-refractivity contribution in [2.75, 3.05) is 7.11 Å². The number of methoxy groups -OCH3 is 1. The van der Waals surface area contributed by atoms with E-state index in [1.54, 1.807) is 7.11 Å². The summed E-state index contributed by atoms with van der Waals surface area (Å²) in [5.41, 5.74) is 0.523. The minimum absolute atomic E-state index is 0.340. The zero-order valence-electron chi connectivity index (χ0n) is 10.1. The Balaban J connectivity index is 2.43. The van der Waals surface area contributed by atoms with Crippen molar-refractivity contribution in [2.45, 2.75) is 44.6 Å². The predicted molar refractivity (Wildman–Crippen MR) is 71.3 cm³/mol. The van der Waals surface area contributed by atoms with Gasteiger partial charge in [-0.25, -0.2) is 9.97 Å². The van der Waals surface area contributed by atoms with E-state index in [2.05, 4.69) is 25.9 Å². The lowest BCUT2D eigenvalue weighted by Gasteiger charge is -2.34. The first-order chi connectivity index (χ1) is 8.09. The molecule has 1 heterocycles. The lowest BCUT2D eigenvalue weighted by Crippen LogP contribution is -2.33. The van der Waals surface area contributed by atoms with Crippen LogP contribution in [0.3, 0.4) is 0 Å². The fourth-order valence-corrected chi connectivity index (χ4v) is 2.76. The van der Waals surface area contributed by atoms with Crippen LogP contribution >= 0.6 is 27.5 Å². The van der Waals surface area contributed by atoms with Crippen LogP contribution in [-0.2, 0) is 10.3 Å². The number of aryl methyl sites for hydroxylation is 1. The van der Waals surface area contributed by atoms with Crippen LogP contribution in [0.2, 0.25) is 5.15 Å². The first kappa shape index (κ1) is 13.2. The van der Waals surface area contributed by atoms with E-state index >= 15 is 0 Å². The molecule has 0 aromatic carbocycles. The average Bonchev–Trinajstić information content (AvgIpc) is 2.36. The van der Waals surface area contributed by atoms with Gasteiger partial charge >= 0.3 is 0 Å². The van der Waals surface area contributed by atoms with E-state index in [1.807, 2.05) is 6.92 Å². The third kappa shape index (κ3) is 2.49. The Morgan fingerprint density at radius 2 is 1.88 bits per heavy atom.